The van der Waals surface area contributed by atoms with Crippen LogP contribution in [0.4, 0.5) is 17.3 Å². The molecule has 11 nitrogen and oxygen atoms in total. The summed E-state index contributed by atoms with van der Waals surface area (Å²) in [4.78, 5) is 39.5. The number of hydrogen-bond donors (Lipinski definition) is 2. The average Bonchev–Trinajstić information content (AvgIpc) is 3.65. The number of carbonyl (C=O) groups excluding carboxylic acids is 1. The van der Waals surface area contributed by atoms with Crippen LogP contribution in [0.15, 0.2) is 103 Å². The number of ether oxygens (including phenoxy) is 1. The van der Waals surface area contributed by atoms with Crippen LogP contribution >= 0.6 is 11.3 Å². The molecule has 2 aliphatic heterocycles. The van der Waals surface area contributed by atoms with Gasteiger partial charge in [-0.2, -0.15) is 0 Å². The van der Waals surface area contributed by atoms with E-state index in [0.717, 1.165) is 58.7 Å². The number of carbonyl (C=O) groups is 1. The van der Waals surface area contributed by atoms with E-state index < -0.39 is 5.91 Å². The molecule has 5 heterocycles. The maximum atomic E-state index is 12.9. The molecule has 0 aliphatic carbocycles. The summed E-state index contributed by atoms with van der Waals surface area (Å²) in [6, 6.07) is 20.6. The van der Waals surface area contributed by atoms with Gasteiger partial charge < -0.3 is 30.5 Å². The fraction of sp³-hybridized carbons (Fsp3) is 0.262. The van der Waals surface area contributed by atoms with Crippen LogP contribution in [0.2, 0.25) is 0 Å². The van der Waals surface area contributed by atoms with Crippen molar-refractivity contribution in [2.75, 3.05) is 61.1 Å². The number of piperazine rings is 2. The molecule has 1 amide bonds. The Hall–Kier alpha value is -5.85. The lowest BCUT2D eigenvalue weighted by molar-refractivity contribution is 0.1000. The third-order valence-electron chi connectivity index (χ3n) is 10.5. The van der Waals surface area contributed by atoms with Gasteiger partial charge in [-0.15, -0.1) is 11.3 Å². The molecule has 3 aromatic heterocycles. The Morgan fingerprint density at radius 2 is 1.57 bits per heavy atom. The first-order chi connectivity index (χ1) is 26.4. The molecule has 12 heteroatoms. The van der Waals surface area contributed by atoms with Crippen molar-refractivity contribution < 1.29 is 9.53 Å². The van der Waals surface area contributed by atoms with Crippen LogP contribution in [0.1, 0.15) is 44.7 Å². The second-order valence-electron chi connectivity index (χ2n) is 13.8. The number of thiophene rings is 1. The summed E-state index contributed by atoms with van der Waals surface area (Å²) in [5, 5.41) is 5.95. The van der Waals surface area contributed by atoms with Gasteiger partial charge in [-0.3, -0.25) is 14.8 Å². The highest BCUT2D eigenvalue weighted by Crippen LogP contribution is 2.48. The standard InChI is InChI=1S/C42H43N9O2S/c1-27-4-10-32(28(2)20-27)35-26-54-41(40(35)36-22-46-16-17-50(36)38-23-44-12-14-47-38)34-21-29(42(43)52)5-11-33(34)37-25-49(30-6-8-31(53-3)9-7-30)18-19-51(37)39-24-45-13-15-48-39/h4-15,20-21,23-24,26,36-37,46H,16-19,22,25H2,1-3H3,(H2,43,52). The summed E-state index contributed by atoms with van der Waals surface area (Å²) in [5.41, 5.74) is 15.6. The van der Waals surface area contributed by atoms with E-state index in [1.165, 1.54) is 27.8 Å². The molecule has 274 valence electrons. The van der Waals surface area contributed by atoms with Crippen LogP contribution in [-0.2, 0) is 0 Å². The molecular formula is C42H43N9O2S. The van der Waals surface area contributed by atoms with E-state index in [2.05, 4.69) is 85.6 Å². The summed E-state index contributed by atoms with van der Waals surface area (Å²) < 4.78 is 5.47. The van der Waals surface area contributed by atoms with Crippen LogP contribution in [0.25, 0.3) is 21.6 Å². The SMILES string of the molecule is COc1ccc(N2CCN(c3cnccn3)C(c3ccc(C(N)=O)cc3-c3scc(-c4ccc(C)cc4C)c3C3CNCCN3c3cnccn3)C2)cc1. The van der Waals surface area contributed by atoms with Gasteiger partial charge in [-0.05, 0) is 83.4 Å². The molecule has 0 saturated carbocycles. The van der Waals surface area contributed by atoms with Crippen LogP contribution in [0.3, 0.4) is 0 Å². The number of benzene rings is 3. The molecule has 6 aromatic rings. The zero-order chi connectivity index (χ0) is 37.2. The Morgan fingerprint density at radius 1 is 0.833 bits per heavy atom. The summed E-state index contributed by atoms with van der Waals surface area (Å²) in [6.07, 6.45) is 10.6. The lowest BCUT2D eigenvalue weighted by Gasteiger charge is -2.44. The highest BCUT2D eigenvalue weighted by molar-refractivity contribution is 7.14. The van der Waals surface area contributed by atoms with Gasteiger partial charge in [0.25, 0.3) is 0 Å². The lowest BCUT2D eigenvalue weighted by atomic mass is 9.87. The smallest absolute Gasteiger partial charge is 0.248 e. The average molecular weight is 738 g/mol. The number of methoxy groups -OCH3 is 1. The number of aryl methyl sites for hydroxylation is 2. The second kappa shape index (κ2) is 15.2. The molecule has 2 aliphatic rings. The molecule has 2 unspecified atom stereocenters. The van der Waals surface area contributed by atoms with Crippen molar-refractivity contribution in [2.24, 2.45) is 5.73 Å². The molecule has 0 spiro atoms. The molecule has 54 heavy (non-hydrogen) atoms. The van der Waals surface area contributed by atoms with Gasteiger partial charge in [-0.25, -0.2) is 9.97 Å². The minimum absolute atomic E-state index is 0.0734. The van der Waals surface area contributed by atoms with Crippen LogP contribution in [-0.4, -0.2) is 72.2 Å². The Bertz CT molecular complexity index is 2250. The van der Waals surface area contributed by atoms with E-state index in [4.69, 9.17) is 20.4 Å². The maximum absolute atomic E-state index is 12.9. The normalized spacial score (nSPS) is 17.4. The van der Waals surface area contributed by atoms with Gasteiger partial charge >= 0.3 is 0 Å². The van der Waals surface area contributed by atoms with E-state index in [9.17, 15) is 4.79 Å². The van der Waals surface area contributed by atoms with Gasteiger partial charge in [0.1, 0.15) is 17.4 Å². The summed E-state index contributed by atoms with van der Waals surface area (Å²) in [5.74, 6) is 1.98. The van der Waals surface area contributed by atoms with Crippen molar-refractivity contribution in [3.8, 4) is 27.3 Å². The minimum Gasteiger partial charge on any atom is -0.497 e. The highest BCUT2D eigenvalue weighted by Gasteiger charge is 2.36. The molecule has 0 bridgehead atoms. The minimum atomic E-state index is -0.467. The van der Waals surface area contributed by atoms with Gasteiger partial charge in [0.15, 0.2) is 0 Å². The Morgan fingerprint density at radius 3 is 2.24 bits per heavy atom. The van der Waals surface area contributed by atoms with Gasteiger partial charge in [0.2, 0.25) is 5.91 Å². The first-order valence-electron chi connectivity index (χ1n) is 18.2. The van der Waals surface area contributed by atoms with Crippen molar-refractivity contribution in [1.29, 1.82) is 0 Å². The van der Waals surface area contributed by atoms with E-state index in [1.54, 1.807) is 43.2 Å². The Labute approximate surface area is 319 Å². The summed E-state index contributed by atoms with van der Waals surface area (Å²) >= 11 is 1.71. The number of nitrogens with one attached hydrogen (secondary N) is 1. The number of nitrogens with two attached hydrogens (primary N) is 1. The largest absolute Gasteiger partial charge is 0.497 e. The van der Waals surface area contributed by atoms with E-state index >= 15 is 0 Å². The predicted molar refractivity (Wildman–Crippen MR) is 215 cm³/mol. The first-order valence-corrected chi connectivity index (χ1v) is 19.1. The van der Waals surface area contributed by atoms with Crippen molar-refractivity contribution >= 4 is 34.6 Å². The number of aromatic nitrogens is 4. The molecule has 3 N–H and O–H groups in total. The van der Waals surface area contributed by atoms with Crippen molar-refractivity contribution in [3.05, 3.63) is 131 Å². The monoisotopic (exact) mass is 737 g/mol. The third-order valence-corrected chi connectivity index (χ3v) is 11.6. The fourth-order valence-electron chi connectivity index (χ4n) is 7.89. The Kier molecular flexibility index (Phi) is 9.94. The zero-order valence-electron chi connectivity index (χ0n) is 30.6. The highest BCUT2D eigenvalue weighted by atomic mass is 32.1. The lowest BCUT2D eigenvalue weighted by Crippen LogP contribution is -2.49. The van der Waals surface area contributed by atoms with Gasteiger partial charge in [-0.1, -0.05) is 29.8 Å². The van der Waals surface area contributed by atoms with Crippen molar-refractivity contribution in [2.45, 2.75) is 25.9 Å². The molecule has 0 radical (unpaired) electrons. The number of nitrogens with zero attached hydrogens (tertiary/aromatic N) is 7. The van der Waals surface area contributed by atoms with Gasteiger partial charge in [0, 0.05) is 85.7 Å². The molecule has 2 atom stereocenters. The van der Waals surface area contributed by atoms with Gasteiger partial charge in [0.05, 0.1) is 31.6 Å². The van der Waals surface area contributed by atoms with E-state index in [-0.39, 0.29) is 12.1 Å². The summed E-state index contributed by atoms with van der Waals surface area (Å²) in [6.45, 7) is 8.78. The topological polar surface area (TPSA) is 126 Å². The zero-order valence-corrected chi connectivity index (χ0v) is 31.5. The number of hydrogen-bond acceptors (Lipinski definition) is 11. The van der Waals surface area contributed by atoms with Crippen LogP contribution in [0, 0.1) is 13.8 Å². The number of primary amides is 1. The van der Waals surface area contributed by atoms with Crippen LogP contribution in [0.5, 0.6) is 5.75 Å². The summed E-state index contributed by atoms with van der Waals surface area (Å²) in [7, 11) is 1.68. The quantitative estimate of drug-likeness (QED) is 0.168. The molecule has 8 rings (SSSR count). The van der Waals surface area contributed by atoms with Crippen LogP contribution < -0.4 is 30.5 Å². The second-order valence-corrected chi connectivity index (χ2v) is 14.7. The number of amides is 1. The number of rotatable bonds is 9. The van der Waals surface area contributed by atoms with Crippen molar-refractivity contribution in [1.82, 2.24) is 25.3 Å². The van der Waals surface area contributed by atoms with E-state index in [1.807, 2.05) is 36.7 Å². The fourth-order valence-corrected chi connectivity index (χ4v) is 9.06. The molecule has 2 saturated heterocycles. The third kappa shape index (κ3) is 6.85. The van der Waals surface area contributed by atoms with Crippen molar-refractivity contribution in [3.63, 3.8) is 0 Å². The molecular weight excluding hydrogens is 695 g/mol. The molecule has 3 aromatic carbocycles. The Balaban J connectivity index is 1.33. The maximum Gasteiger partial charge on any atom is 0.248 e. The first kappa shape index (κ1) is 35.2. The van der Waals surface area contributed by atoms with E-state index in [0.29, 0.717) is 25.2 Å². The number of anilines is 3. The molecule has 2 fully saturated rings. The predicted octanol–water partition coefficient (Wildman–Crippen LogP) is 6.61.